The third kappa shape index (κ3) is 2.13. The van der Waals surface area contributed by atoms with E-state index in [4.69, 9.17) is 10.2 Å². The Hall–Kier alpha value is -2.47. The van der Waals surface area contributed by atoms with Gasteiger partial charge in [0.25, 0.3) is 0 Å². The highest BCUT2D eigenvalue weighted by Crippen LogP contribution is 2.21. The number of hydrogen-bond acceptors (Lipinski definition) is 6. The van der Waals surface area contributed by atoms with Crippen LogP contribution >= 0.6 is 0 Å². The predicted molar refractivity (Wildman–Crippen MR) is 80.0 cm³/mol. The third-order valence-corrected chi connectivity index (χ3v) is 3.41. The van der Waals surface area contributed by atoms with Crippen LogP contribution in [0.4, 0.5) is 5.82 Å². The number of aliphatic hydroxyl groups excluding tert-OH is 1. The summed E-state index contributed by atoms with van der Waals surface area (Å²) in [5.74, 6) is 0.362. The lowest BCUT2D eigenvalue weighted by Gasteiger charge is -2.07. The fourth-order valence-corrected chi connectivity index (χ4v) is 2.18. The normalized spacial score (nSPS) is 11.6. The van der Waals surface area contributed by atoms with E-state index in [9.17, 15) is 9.90 Å². The van der Waals surface area contributed by atoms with Gasteiger partial charge in [0.05, 0.1) is 12.0 Å². The number of nitrogen functional groups attached to an aromatic ring is 1. The Morgan fingerprint density at radius 3 is 2.76 bits per heavy atom. The van der Waals surface area contributed by atoms with Gasteiger partial charge in [-0.3, -0.25) is 4.79 Å². The molecule has 0 spiro atoms. The van der Waals surface area contributed by atoms with Gasteiger partial charge in [0.1, 0.15) is 5.82 Å². The number of aliphatic hydroxyl groups is 1. The lowest BCUT2D eigenvalue weighted by atomic mass is 10.1. The monoisotopic (exact) mass is 285 g/mol. The molecule has 6 heteroatoms. The van der Waals surface area contributed by atoms with Crippen LogP contribution in [-0.2, 0) is 6.61 Å². The Morgan fingerprint density at radius 1 is 1.33 bits per heavy atom. The van der Waals surface area contributed by atoms with Crippen LogP contribution in [0.25, 0.3) is 22.2 Å². The van der Waals surface area contributed by atoms with Gasteiger partial charge in [-0.05, 0) is 24.1 Å². The highest BCUT2D eigenvalue weighted by atomic mass is 16.3. The van der Waals surface area contributed by atoms with Crippen LogP contribution in [0, 0.1) is 0 Å². The number of rotatable bonds is 2. The zero-order valence-corrected chi connectivity index (χ0v) is 11.8. The average Bonchev–Trinajstić information content (AvgIpc) is 2.46. The molecule has 0 saturated heterocycles. The maximum absolute atomic E-state index is 12.6. The van der Waals surface area contributed by atoms with Gasteiger partial charge < -0.3 is 15.3 Å². The molecule has 108 valence electrons. The van der Waals surface area contributed by atoms with Gasteiger partial charge in [-0.15, -0.1) is 0 Å². The number of pyridine rings is 2. The molecule has 0 saturated carbocycles. The second-order valence-electron chi connectivity index (χ2n) is 5.21. The van der Waals surface area contributed by atoms with E-state index in [1.54, 1.807) is 6.07 Å². The molecular weight excluding hydrogens is 270 g/mol. The van der Waals surface area contributed by atoms with E-state index in [0.717, 1.165) is 5.69 Å². The van der Waals surface area contributed by atoms with E-state index in [1.165, 1.54) is 6.07 Å². The minimum absolute atomic E-state index is 0.152. The molecule has 0 aromatic carbocycles. The fraction of sp³-hybridized carbons (Fsp3) is 0.267. The first-order chi connectivity index (χ1) is 10.0. The van der Waals surface area contributed by atoms with Crippen LogP contribution < -0.4 is 11.2 Å². The van der Waals surface area contributed by atoms with Crippen LogP contribution in [-0.4, -0.2) is 15.1 Å². The van der Waals surface area contributed by atoms with E-state index < -0.39 is 0 Å². The van der Waals surface area contributed by atoms with Crippen LogP contribution in [0.5, 0.6) is 0 Å². The zero-order chi connectivity index (χ0) is 15.1. The molecule has 3 heterocycles. The van der Waals surface area contributed by atoms with Crippen LogP contribution in [0.3, 0.4) is 0 Å². The number of nitrogens with zero attached hydrogens (tertiary/aromatic N) is 2. The van der Waals surface area contributed by atoms with Crippen molar-refractivity contribution in [3.05, 3.63) is 39.7 Å². The first-order valence-corrected chi connectivity index (χ1v) is 6.65. The quantitative estimate of drug-likeness (QED) is 0.697. The van der Waals surface area contributed by atoms with Crippen LogP contribution in [0.1, 0.15) is 31.0 Å². The average molecular weight is 285 g/mol. The highest BCUT2D eigenvalue weighted by molar-refractivity contribution is 5.87. The summed E-state index contributed by atoms with van der Waals surface area (Å²) in [4.78, 5) is 21.0. The second-order valence-corrected chi connectivity index (χ2v) is 5.21. The van der Waals surface area contributed by atoms with E-state index in [1.807, 2.05) is 19.9 Å². The molecule has 3 N–H and O–H groups in total. The number of hydrogen-bond donors (Lipinski definition) is 2. The summed E-state index contributed by atoms with van der Waals surface area (Å²) in [5, 5.41) is 9.50. The van der Waals surface area contributed by atoms with Crippen molar-refractivity contribution >= 4 is 28.0 Å². The first kappa shape index (κ1) is 13.5. The highest BCUT2D eigenvalue weighted by Gasteiger charge is 2.14. The number of fused-ring (bicyclic) bond motifs is 2. The summed E-state index contributed by atoms with van der Waals surface area (Å²) in [6.07, 6.45) is 0. The summed E-state index contributed by atoms with van der Waals surface area (Å²) in [7, 11) is 0. The molecular formula is C15H15N3O3. The summed E-state index contributed by atoms with van der Waals surface area (Å²) in [6.45, 7) is 3.72. The SMILES string of the molecule is CC(C)c1ccc2oc3nc(N)c(CO)cc3c(=O)c2n1. The molecule has 3 aromatic heterocycles. The van der Waals surface area contributed by atoms with Gasteiger partial charge in [0, 0.05) is 11.3 Å². The third-order valence-electron chi connectivity index (χ3n) is 3.41. The van der Waals surface area contributed by atoms with Crippen molar-refractivity contribution in [2.75, 3.05) is 5.73 Å². The molecule has 0 fully saturated rings. The Morgan fingerprint density at radius 2 is 2.10 bits per heavy atom. The van der Waals surface area contributed by atoms with E-state index in [-0.39, 0.29) is 40.4 Å². The Bertz CT molecular complexity index is 900. The Kier molecular flexibility index (Phi) is 3.10. The summed E-state index contributed by atoms with van der Waals surface area (Å²) >= 11 is 0. The van der Waals surface area contributed by atoms with Crippen molar-refractivity contribution in [3.8, 4) is 0 Å². The van der Waals surface area contributed by atoms with E-state index in [2.05, 4.69) is 9.97 Å². The molecule has 6 nitrogen and oxygen atoms in total. The molecule has 0 amide bonds. The number of nitrogens with two attached hydrogens (primary N) is 1. The van der Waals surface area contributed by atoms with Gasteiger partial charge in [0.15, 0.2) is 11.1 Å². The second kappa shape index (κ2) is 4.82. The predicted octanol–water partition coefficient (Wildman–Crippen LogP) is 1.93. The smallest absolute Gasteiger partial charge is 0.232 e. The van der Waals surface area contributed by atoms with Gasteiger partial charge in [-0.1, -0.05) is 13.8 Å². The van der Waals surface area contributed by atoms with Gasteiger partial charge in [-0.25, -0.2) is 4.98 Å². The number of aromatic nitrogens is 2. The van der Waals surface area contributed by atoms with E-state index >= 15 is 0 Å². The van der Waals surface area contributed by atoms with Gasteiger partial charge >= 0.3 is 0 Å². The maximum atomic E-state index is 12.6. The van der Waals surface area contributed by atoms with Crippen molar-refractivity contribution in [2.45, 2.75) is 26.4 Å². The molecule has 3 aromatic rings. The van der Waals surface area contributed by atoms with Crippen molar-refractivity contribution < 1.29 is 9.52 Å². The Balaban J connectivity index is 2.41. The molecule has 0 atom stereocenters. The first-order valence-electron chi connectivity index (χ1n) is 6.65. The van der Waals surface area contributed by atoms with Gasteiger partial charge in [0.2, 0.25) is 11.1 Å². The van der Waals surface area contributed by atoms with Crippen molar-refractivity contribution in [1.29, 1.82) is 0 Å². The minimum Gasteiger partial charge on any atom is -0.436 e. The molecule has 3 rings (SSSR count). The van der Waals surface area contributed by atoms with E-state index in [0.29, 0.717) is 11.1 Å². The fourth-order valence-electron chi connectivity index (χ4n) is 2.18. The van der Waals surface area contributed by atoms with Crippen molar-refractivity contribution in [3.63, 3.8) is 0 Å². The van der Waals surface area contributed by atoms with Crippen LogP contribution in [0.15, 0.2) is 27.4 Å². The Labute approximate surface area is 120 Å². The van der Waals surface area contributed by atoms with Gasteiger partial charge in [-0.2, -0.15) is 4.98 Å². The summed E-state index contributed by atoms with van der Waals surface area (Å²) in [6, 6.07) is 5.05. The lowest BCUT2D eigenvalue weighted by Crippen LogP contribution is -2.09. The topological polar surface area (TPSA) is 102 Å². The van der Waals surface area contributed by atoms with Crippen molar-refractivity contribution in [2.24, 2.45) is 0 Å². The lowest BCUT2D eigenvalue weighted by molar-refractivity contribution is 0.282. The summed E-state index contributed by atoms with van der Waals surface area (Å²) in [5.41, 5.74) is 7.45. The molecule has 0 radical (unpaired) electrons. The number of anilines is 1. The molecule has 0 aliphatic rings. The molecule has 21 heavy (non-hydrogen) atoms. The molecule has 0 unspecified atom stereocenters. The largest absolute Gasteiger partial charge is 0.436 e. The molecule has 0 aliphatic heterocycles. The standard InChI is InChI=1S/C15H15N3O3/c1-7(2)10-3-4-11-12(17-10)13(20)9-5-8(6-19)14(16)18-15(9)21-11/h3-5,7,19H,6H2,1-2H3,(H2,16,18). The maximum Gasteiger partial charge on any atom is 0.232 e. The van der Waals surface area contributed by atoms with Crippen molar-refractivity contribution in [1.82, 2.24) is 9.97 Å². The zero-order valence-electron chi connectivity index (χ0n) is 11.8. The molecule has 0 aliphatic carbocycles. The molecule has 0 bridgehead atoms. The van der Waals surface area contributed by atoms with Crippen LogP contribution in [0.2, 0.25) is 0 Å². The summed E-state index contributed by atoms with van der Waals surface area (Å²) < 4.78 is 5.61. The minimum atomic E-state index is -0.286.